The zero-order valence-corrected chi connectivity index (χ0v) is 13.6. The van der Waals surface area contributed by atoms with Crippen LogP contribution in [0.1, 0.15) is 30.5 Å². The topological polar surface area (TPSA) is 85.2 Å². The van der Waals surface area contributed by atoms with Crippen LogP contribution in [0.3, 0.4) is 0 Å². The number of phenolic OH excluding ortho intramolecular Hbond substituents is 1. The third-order valence-corrected chi connectivity index (χ3v) is 3.06. The largest absolute Gasteiger partial charge is 0.505 e. The van der Waals surface area contributed by atoms with Gasteiger partial charge in [0.1, 0.15) is 10.8 Å². The third kappa shape index (κ3) is 5.31. The van der Waals surface area contributed by atoms with Crippen LogP contribution in [0.4, 0.5) is 10.7 Å². The molecule has 0 fully saturated rings. The molecule has 4 nitrogen and oxygen atoms in total. The Morgan fingerprint density at radius 1 is 1.24 bits per heavy atom. The van der Waals surface area contributed by atoms with Crippen LogP contribution < -0.4 is 11.5 Å². The summed E-state index contributed by atoms with van der Waals surface area (Å²) in [5.74, 6) is 0.125. The average Bonchev–Trinajstić information content (AvgIpc) is 2.98. The lowest BCUT2D eigenvalue weighted by Gasteiger charge is -2.09. The number of nitrogens with two attached hydrogens (primary N) is 2. The predicted octanol–water partition coefficient (Wildman–Crippen LogP) is 4.32. The van der Waals surface area contributed by atoms with Crippen LogP contribution in [0, 0.1) is 6.92 Å². The molecule has 5 heteroatoms. The molecule has 1 aromatic heterocycles. The standard InChI is InChI=1S/C11H13NO.C3H4N2S.C2H6/c1-4-8-6-7(3)11(13)10(12)9(8)5-2;4-3-1-2-5-6-3;1-2/h4-6,13H,1-2,12H2,3H3;1-2H,4H2;1-2H3. The molecule has 2 aromatic rings. The minimum atomic E-state index is 0.125. The van der Waals surface area contributed by atoms with Crippen molar-refractivity contribution in [2.24, 2.45) is 0 Å². The second-order valence-corrected chi connectivity index (χ2v) is 4.65. The Hall–Kier alpha value is -2.27. The van der Waals surface area contributed by atoms with Crippen LogP contribution in [0.25, 0.3) is 12.2 Å². The molecule has 114 valence electrons. The summed E-state index contributed by atoms with van der Waals surface area (Å²) in [5.41, 5.74) is 13.7. The minimum Gasteiger partial charge on any atom is -0.505 e. The second-order valence-electron chi connectivity index (χ2n) is 3.78. The molecule has 0 atom stereocenters. The van der Waals surface area contributed by atoms with E-state index in [0.29, 0.717) is 5.69 Å². The number of aromatic hydroxyl groups is 1. The van der Waals surface area contributed by atoms with Gasteiger partial charge in [-0.3, -0.25) is 0 Å². The van der Waals surface area contributed by atoms with Crippen LogP contribution >= 0.6 is 11.5 Å². The fourth-order valence-electron chi connectivity index (χ4n) is 1.50. The highest BCUT2D eigenvalue weighted by Gasteiger charge is 2.08. The number of aryl methyl sites for hydroxylation is 1. The van der Waals surface area contributed by atoms with Crippen LogP contribution in [0.2, 0.25) is 0 Å². The van der Waals surface area contributed by atoms with Gasteiger partial charge in [0.05, 0.1) is 5.69 Å². The van der Waals surface area contributed by atoms with Gasteiger partial charge in [0.25, 0.3) is 0 Å². The van der Waals surface area contributed by atoms with E-state index >= 15 is 0 Å². The molecule has 2 rings (SSSR count). The molecule has 0 saturated carbocycles. The van der Waals surface area contributed by atoms with Crippen LogP contribution in [0.5, 0.6) is 5.75 Å². The Labute approximate surface area is 130 Å². The number of rotatable bonds is 2. The van der Waals surface area contributed by atoms with E-state index in [1.165, 1.54) is 11.5 Å². The lowest BCUT2D eigenvalue weighted by atomic mass is 10.0. The first-order chi connectivity index (χ1) is 10.0. The fraction of sp³-hybridized carbons (Fsp3) is 0.188. The SMILES string of the molecule is C=Cc1cc(C)c(O)c(N)c1C=C.CC.Nc1ccns1. The van der Waals surface area contributed by atoms with Crippen molar-refractivity contribution in [3.8, 4) is 5.75 Å². The van der Waals surface area contributed by atoms with Crippen LogP contribution in [0.15, 0.2) is 31.5 Å². The van der Waals surface area contributed by atoms with Gasteiger partial charge < -0.3 is 16.6 Å². The van der Waals surface area contributed by atoms with Crippen molar-refractivity contribution in [3.63, 3.8) is 0 Å². The Bertz CT molecular complexity index is 578. The molecule has 0 aliphatic heterocycles. The summed E-state index contributed by atoms with van der Waals surface area (Å²) >= 11 is 1.31. The van der Waals surface area contributed by atoms with Crippen molar-refractivity contribution in [2.75, 3.05) is 11.5 Å². The van der Waals surface area contributed by atoms with E-state index in [1.54, 1.807) is 31.3 Å². The van der Waals surface area contributed by atoms with Gasteiger partial charge in [0, 0.05) is 11.8 Å². The Balaban J connectivity index is 0.000000416. The maximum absolute atomic E-state index is 9.53. The fourth-order valence-corrected chi connectivity index (χ4v) is 1.86. The molecular formula is C16H23N3OS. The van der Waals surface area contributed by atoms with Gasteiger partial charge in [0.2, 0.25) is 0 Å². The molecule has 0 aliphatic rings. The van der Waals surface area contributed by atoms with Crippen molar-refractivity contribution in [2.45, 2.75) is 20.8 Å². The Morgan fingerprint density at radius 2 is 1.86 bits per heavy atom. The van der Waals surface area contributed by atoms with Crippen molar-refractivity contribution in [1.29, 1.82) is 0 Å². The van der Waals surface area contributed by atoms with E-state index in [1.807, 2.05) is 19.9 Å². The lowest BCUT2D eigenvalue weighted by molar-refractivity contribution is 0.473. The summed E-state index contributed by atoms with van der Waals surface area (Å²) < 4.78 is 3.74. The molecule has 0 saturated heterocycles. The zero-order chi connectivity index (χ0) is 16.4. The number of hydrogen-bond acceptors (Lipinski definition) is 5. The van der Waals surface area contributed by atoms with Crippen molar-refractivity contribution in [3.05, 3.63) is 48.2 Å². The van der Waals surface area contributed by atoms with E-state index in [4.69, 9.17) is 11.5 Å². The second kappa shape index (κ2) is 9.61. The normalized spacial score (nSPS) is 8.71. The number of nitrogen functional groups attached to an aromatic ring is 2. The van der Waals surface area contributed by atoms with Gasteiger partial charge >= 0.3 is 0 Å². The zero-order valence-electron chi connectivity index (χ0n) is 12.8. The van der Waals surface area contributed by atoms with Crippen molar-refractivity contribution in [1.82, 2.24) is 4.37 Å². The first-order valence-corrected chi connectivity index (χ1v) is 7.31. The summed E-state index contributed by atoms with van der Waals surface area (Å²) in [6, 6.07) is 3.60. The van der Waals surface area contributed by atoms with Gasteiger partial charge in [-0.2, -0.15) is 4.37 Å². The van der Waals surface area contributed by atoms with E-state index in [2.05, 4.69) is 17.5 Å². The van der Waals surface area contributed by atoms with Crippen LogP contribution in [-0.2, 0) is 0 Å². The lowest BCUT2D eigenvalue weighted by Crippen LogP contribution is -1.95. The monoisotopic (exact) mass is 305 g/mol. The summed E-state index contributed by atoms with van der Waals surface area (Å²) in [7, 11) is 0. The molecule has 0 aliphatic carbocycles. The van der Waals surface area contributed by atoms with E-state index in [0.717, 1.165) is 21.7 Å². The molecule has 0 spiro atoms. The highest BCUT2D eigenvalue weighted by atomic mass is 32.1. The highest BCUT2D eigenvalue weighted by Crippen LogP contribution is 2.32. The minimum absolute atomic E-state index is 0.125. The van der Waals surface area contributed by atoms with Crippen molar-refractivity contribution < 1.29 is 5.11 Å². The summed E-state index contributed by atoms with van der Waals surface area (Å²) in [6.07, 6.45) is 4.99. The average molecular weight is 305 g/mol. The van der Waals surface area contributed by atoms with Gasteiger partial charge in [-0.25, -0.2) is 0 Å². The maximum atomic E-state index is 9.53. The smallest absolute Gasteiger partial charge is 0.142 e. The molecule has 1 heterocycles. The number of hydrogen-bond donors (Lipinski definition) is 3. The first kappa shape index (κ1) is 18.7. The summed E-state index contributed by atoms with van der Waals surface area (Å²) in [5, 5.41) is 10.3. The first-order valence-electron chi connectivity index (χ1n) is 6.54. The van der Waals surface area contributed by atoms with Gasteiger partial charge in [-0.15, -0.1) is 0 Å². The molecule has 0 radical (unpaired) electrons. The molecule has 5 N–H and O–H groups in total. The number of anilines is 2. The molecule has 0 bridgehead atoms. The summed E-state index contributed by atoms with van der Waals surface area (Å²) in [6.45, 7) is 13.1. The summed E-state index contributed by atoms with van der Waals surface area (Å²) in [4.78, 5) is 0. The maximum Gasteiger partial charge on any atom is 0.142 e. The quantitative estimate of drug-likeness (QED) is 0.570. The molecule has 0 amide bonds. The number of nitrogens with zero attached hydrogens (tertiary/aromatic N) is 1. The third-order valence-electron chi connectivity index (χ3n) is 2.48. The van der Waals surface area contributed by atoms with Gasteiger partial charge in [-0.05, 0) is 41.7 Å². The number of aromatic nitrogens is 1. The molecule has 21 heavy (non-hydrogen) atoms. The Kier molecular flexibility index (Phi) is 8.57. The number of phenols is 1. The predicted molar refractivity (Wildman–Crippen MR) is 95.3 cm³/mol. The highest BCUT2D eigenvalue weighted by molar-refractivity contribution is 7.09. The van der Waals surface area contributed by atoms with Gasteiger partial charge in [-0.1, -0.05) is 39.2 Å². The van der Waals surface area contributed by atoms with Crippen molar-refractivity contribution >= 4 is 34.4 Å². The molecular weight excluding hydrogens is 282 g/mol. The van der Waals surface area contributed by atoms with E-state index < -0.39 is 0 Å². The van der Waals surface area contributed by atoms with E-state index in [9.17, 15) is 5.11 Å². The number of benzene rings is 1. The van der Waals surface area contributed by atoms with Crippen LogP contribution in [-0.4, -0.2) is 9.48 Å². The Morgan fingerprint density at radius 3 is 2.19 bits per heavy atom. The van der Waals surface area contributed by atoms with Gasteiger partial charge in [0.15, 0.2) is 0 Å². The van der Waals surface area contributed by atoms with E-state index in [-0.39, 0.29) is 5.75 Å². The molecule has 1 aromatic carbocycles. The molecule has 0 unspecified atom stereocenters.